The first-order valence-corrected chi connectivity index (χ1v) is 10.4. The standard InChI is InChI=1S/C21H25N5O3S/c1-15(22-3)6-4-5-7-17-12-30-20(24-17)25-18(27)10-23-19(28)16-8-9-26(11-16)21(2)13-29-14-21/h4-6,8-9,11-12H,3,7,10,13-14H2,1-2H3,(H,23,28)(H,24,25,27)/b5-4-,15-6-. The van der Waals surface area contributed by atoms with Crippen LogP contribution in [0, 0.1) is 0 Å². The van der Waals surface area contributed by atoms with Gasteiger partial charge in [-0.05, 0) is 32.7 Å². The number of amides is 2. The van der Waals surface area contributed by atoms with Crippen LogP contribution in [0.25, 0.3) is 0 Å². The van der Waals surface area contributed by atoms with Crippen LogP contribution in [0.1, 0.15) is 29.9 Å². The zero-order chi connectivity index (χ0) is 21.6. The highest BCUT2D eigenvalue weighted by molar-refractivity contribution is 7.13. The van der Waals surface area contributed by atoms with Gasteiger partial charge in [0.15, 0.2) is 5.13 Å². The van der Waals surface area contributed by atoms with E-state index in [9.17, 15) is 9.59 Å². The van der Waals surface area contributed by atoms with E-state index in [1.165, 1.54) is 11.3 Å². The molecule has 2 aromatic heterocycles. The highest BCUT2D eigenvalue weighted by atomic mass is 32.1. The molecule has 9 heteroatoms. The molecule has 0 bridgehead atoms. The fourth-order valence-corrected chi connectivity index (χ4v) is 3.49. The van der Waals surface area contributed by atoms with E-state index < -0.39 is 0 Å². The molecule has 2 N–H and O–H groups in total. The van der Waals surface area contributed by atoms with Crippen LogP contribution in [0.3, 0.4) is 0 Å². The van der Waals surface area contributed by atoms with Gasteiger partial charge in [-0.3, -0.25) is 14.6 Å². The number of allylic oxidation sites excluding steroid dienone is 4. The van der Waals surface area contributed by atoms with Gasteiger partial charge in [-0.25, -0.2) is 4.98 Å². The van der Waals surface area contributed by atoms with E-state index in [-0.39, 0.29) is 23.9 Å². The number of hydrogen-bond acceptors (Lipinski definition) is 6. The summed E-state index contributed by atoms with van der Waals surface area (Å²) in [6.07, 6.45) is 9.98. The van der Waals surface area contributed by atoms with Gasteiger partial charge in [0, 0.05) is 29.9 Å². The first-order chi connectivity index (χ1) is 14.4. The van der Waals surface area contributed by atoms with Crippen LogP contribution in [0.4, 0.5) is 5.13 Å². The van der Waals surface area contributed by atoms with Crippen molar-refractivity contribution in [2.24, 2.45) is 4.99 Å². The van der Waals surface area contributed by atoms with E-state index in [1.807, 2.05) is 41.3 Å². The molecule has 3 rings (SSSR count). The number of anilines is 1. The lowest BCUT2D eigenvalue weighted by molar-refractivity contribution is -0.115. The molecule has 30 heavy (non-hydrogen) atoms. The topological polar surface area (TPSA) is 97.6 Å². The Labute approximate surface area is 179 Å². The molecule has 8 nitrogen and oxygen atoms in total. The first-order valence-electron chi connectivity index (χ1n) is 9.48. The molecule has 1 fully saturated rings. The van der Waals surface area contributed by atoms with E-state index in [0.717, 1.165) is 11.4 Å². The van der Waals surface area contributed by atoms with Gasteiger partial charge in [-0.15, -0.1) is 11.3 Å². The summed E-state index contributed by atoms with van der Waals surface area (Å²) < 4.78 is 7.22. The number of carbonyl (C=O) groups is 2. The molecule has 0 spiro atoms. The molecule has 2 aromatic rings. The lowest BCUT2D eigenvalue weighted by Crippen LogP contribution is -2.48. The lowest BCUT2D eigenvalue weighted by Gasteiger charge is -2.39. The number of thiazole rings is 1. The van der Waals surface area contributed by atoms with Crippen molar-refractivity contribution in [1.82, 2.24) is 14.9 Å². The summed E-state index contributed by atoms with van der Waals surface area (Å²) in [5.41, 5.74) is 2.09. The molecule has 3 heterocycles. The summed E-state index contributed by atoms with van der Waals surface area (Å²) in [5, 5.41) is 7.73. The quantitative estimate of drug-likeness (QED) is 0.475. The summed E-state index contributed by atoms with van der Waals surface area (Å²) in [5.74, 6) is -0.621. The van der Waals surface area contributed by atoms with Crippen molar-refractivity contribution in [2.45, 2.75) is 25.8 Å². The molecule has 1 saturated heterocycles. The minimum atomic E-state index is -0.325. The van der Waals surface area contributed by atoms with E-state index >= 15 is 0 Å². The molecule has 0 aromatic carbocycles. The van der Waals surface area contributed by atoms with Gasteiger partial charge < -0.3 is 19.9 Å². The van der Waals surface area contributed by atoms with Crippen LogP contribution in [-0.4, -0.2) is 47.8 Å². The summed E-state index contributed by atoms with van der Waals surface area (Å²) in [7, 11) is 0. The number of aromatic nitrogens is 2. The molecular weight excluding hydrogens is 402 g/mol. The van der Waals surface area contributed by atoms with Gasteiger partial charge in [-0.2, -0.15) is 0 Å². The smallest absolute Gasteiger partial charge is 0.253 e. The number of ether oxygens (including phenoxy) is 1. The predicted octanol–water partition coefficient (Wildman–Crippen LogP) is 2.76. The van der Waals surface area contributed by atoms with Crippen molar-refractivity contribution in [3.05, 3.63) is 59.0 Å². The number of nitrogens with one attached hydrogen (secondary N) is 2. The van der Waals surface area contributed by atoms with Crippen LogP contribution < -0.4 is 10.6 Å². The second kappa shape index (κ2) is 9.64. The second-order valence-corrected chi connectivity index (χ2v) is 8.13. The number of rotatable bonds is 9. The van der Waals surface area contributed by atoms with E-state index in [0.29, 0.717) is 30.3 Å². The summed E-state index contributed by atoms with van der Waals surface area (Å²) >= 11 is 1.34. The average Bonchev–Trinajstić information content (AvgIpc) is 3.37. The van der Waals surface area contributed by atoms with Crippen LogP contribution in [-0.2, 0) is 21.5 Å². The minimum absolute atomic E-state index is 0.106. The normalized spacial score (nSPS) is 15.6. The summed E-state index contributed by atoms with van der Waals surface area (Å²) in [6, 6.07) is 1.74. The third-order valence-corrected chi connectivity index (χ3v) is 5.47. The molecular formula is C21H25N5O3S. The zero-order valence-corrected chi connectivity index (χ0v) is 17.9. The zero-order valence-electron chi connectivity index (χ0n) is 17.1. The van der Waals surface area contributed by atoms with Crippen molar-refractivity contribution < 1.29 is 14.3 Å². The highest BCUT2D eigenvalue weighted by Gasteiger charge is 2.35. The van der Waals surface area contributed by atoms with Crippen molar-refractivity contribution in [3.63, 3.8) is 0 Å². The molecule has 2 amide bonds. The van der Waals surface area contributed by atoms with Gasteiger partial charge in [0.25, 0.3) is 5.91 Å². The van der Waals surface area contributed by atoms with Crippen LogP contribution >= 0.6 is 11.3 Å². The molecule has 0 atom stereocenters. The van der Waals surface area contributed by atoms with Crippen molar-refractivity contribution >= 4 is 35.0 Å². The molecule has 0 saturated carbocycles. The van der Waals surface area contributed by atoms with Crippen molar-refractivity contribution in [1.29, 1.82) is 0 Å². The van der Waals surface area contributed by atoms with E-state index in [4.69, 9.17) is 4.74 Å². The molecule has 1 aliphatic heterocycles. The molecule has 1 aliphatic rings. The Bertz CT molecular complexity index is 984. The van der Waals surface area contributed by atoms with Gasteiger partial charge in [0.05, 0.1) is 36.6 Å². The number of aliphatic imine (C=N–C) groups is 1. The van der Waals surface area contributed by atoms with Gasteiger partial charge in [0.2, 0.25) is 5.91 Å². The Morgan fingerprint density at radius 1 is 1.47 bits per heavy atom. The van der Waals surface area contributed by atoms with Crippen LogP contribution in [0.15, 0.2) is 52.8 Å². The Kier molecular flexibility index (Phi) is 6.96. The Hall–Kier alpha value is -3.04. The highest BCUT2D eigenvalue weighted by Crippen LogP contribution is 2.26. The monoisotopic (exact) mass is 427 g/mol. The third kappa shape index (κ3) is 5.52. The average molecular weight is 428 g/mol. The van der Waals surface area contributed by atoms with Gasteiger partial charge in [-0.1, -0.05) is 12.2 Å². The van der Waals surface area contributed by atoms with E-state index in [2.05, 4.69) is 34.3 Å². The molecule has 0 aliphatic carbocycles. The Morgan fingerprint density at radius 3 is 2.97 bits per heavy atom. The molecule has 0 radical (unpaired) electrons. The van der Waals surface area contributed by atoms with Crippen molar-refractivity contribution in [3.8, 4) is 0 Å². The number of carbonyl (C=O) groups excluding carboxylic acids is 2. The van der Waals surface area contributed by atoms with Gasteiger partial charge in [0.1, 0.15) is 0 Å². The number of hydrogen-bond donors (Lipinski definition) is 2. The van der Waals surface area contributed by atoms with E-state index in [1.54, 1.807) is 12.3 Å². The fraction of sp³-hybridized carbons (Fsp3) is 0.333. The third-order valence-electron chi connectivity index (χ3n) is 4.66. The Morgan fingerprint density at radius 2 is 2.27 bits per heavy atom. The van der Waals surface area contributed by atoms with Gasteiger partial charge >= 0.3 is 0 Å². The molecule has 0 unspecified atom stereocenters. The lowest BCUT2D eigenvalue weighted by atomic mass is 10.0. The van der Waals surface area contributed by atoms with Crippen molar-refractivity contribution in [2.75, 3.05) is 25.1 Å². The maximum absolute atomic E-state index is 12.3. The summed E-state index contributed by atoms with van der Waals surface area (Å²) in [4.78, 5) is 32.6. The molecule has 158 valence electrons. The largest absolute Gasteiger partial charge is 0.376 e. The first kappa shape index (κ1) is 21.7. The minimum Gasteiger partial charge on any atom is -0.376 e. The SMILES string of the molecule is C=N/C(C)=C\C=C/Cc1csc(NC(=O)CNC(=O)c2ccn(C3(C)COC3)c2)n1. The number of nitrogens with zero attached hydrogens (tertiary/aromatic N) is 3. The van der Waals surface area contributed by atoms with Crippen LogP contribution in [0.2, 0.25) is 0 Å². The predicted molar refractivity (Wildman–Crippen MR) is 118 cm³/mol. The summed E-state index contributed by atoms with van der Waals surface area (Å²) in [6.45, 7) is 8.51. The fourth-order valence-electron chi connectivity index (χ4n) is 2.75. The maximum Gasteiger partial charge on any atom is 0.253 e. The maximum atomic E-state index is 12.3. The second-order valence-electron chi connectivity index (χ2n) is 7.27. The Balaban J connectivity index is 1.44. The van der Waals surface area contributed by atoms with Crippen LogP contribution in [0.5, 0.6) is 0 Å².